The van der Waals surface area contributed by atoms with Crippen molar-refractivity contribution in [2.45, 2.75) is 80.9 Å². The zero-order valence-corrected chi connectivity index (χ0v) is 21.3. The van der Waals surface area contributed by atoms with Crippen LogP contribution >= 0.6 is 0 Å². The summed E-state index contributed by atoms with van der Waals surface area (Å²) >= 11 is 0. The molecule has 2 rings (SSSR count). The Morgan fingerprint density at radius 3 is 1.82 bits per heavy atom. The normalized spacial score (nSPS) is 34.6. The zero-order chi connectivity index (χ0) is 29.4. The summed E-state index contributed by atoms with van der Waals surface area (Å²) in [6.07, 6.45) is -8.09. The number of carbonyl (C=O) groups is 4. The van der Waals surface area contributed by atoms with Gasteiger partial charge in [-0.25, -0.2) is 9.59 Å². The van der Waals surface area contributed by atoms with Crippen LogP contribution in [0.4, 0.5) is 0 Å². The van der Waals surface area contributed by atoms with E-state index in [1.807, 2.05) is 0 Å². The Kier molecular flexibility index (Phi) is 12.4. The van der Waals surface area contributed by atoms with Crippen molar-refractivity contribution < 1.29 is 73.9 Å². The molecule has 2 saturated heterocycles. The highest BCUT2D eigenvalue weighted by Crippen LogP contribution is 2.33. The van der Waals surface area contributed by atoms with E-state index >= 15 is 0 Å². The van der Waals surface area contributed by atoms with E-state index in [-0.39, 0.29) is 18.9 Å². The largest absolute Gasteiger partial charge is 0.477 e. The quantitative estimate of drug-likeness (QED) is 0.129. The van der Waals surface area contributed by atoms with Gasteiger partial charge >= 0.3 is 11.9 Å². The van der Waals surface area contributed by atoms with Crippen LogP contribution in [0.5, 0.6) is 0 Å². The summed E-state index contributed by atoms with van der Waals surface area (Å²) in [5.74, 6) is -7.76. The maximum absolute atomic E-state index is 11.3. The van der Waals surface area contributed by atoms with Crippen LogP contribution in [0.25, 0.3) is 0 Å². The van der Waals surface area contributed by atoms with Gasteiger partial charge in [-0.15, -0.1) is 0 Å². The van der Waals surface area contributed by atoms with Crippen molar-refractivity contribution in [3.05, 3.63) is 0 Å². The van der Waals surface area contributed by atoms with E-state index < -0.39 is 85.1 Å². The van der Waals surface area contributed by atoms with Gasteiger partial charge in [-0.1, -0.05) is 0 Å². The molecule has 0 aliphatic carbocycles. The number of methoxy groups -OCH3 is 2. The molecule has 9 unspecified atom stereocenters. The number of carboxylic acids is 2. The number of carboxylic acid groups (broad SMARTS) is 2. The van der Waals surface area contributed by atoms with Crippen LogP contribution in [-0.4, -0.2) is 141 Å². The third-order valence-corrected chi connectivity index (χ3v) is 6.00. The summed E-state index contributed by atoms with van der Waals surface area (Å²) in [6, 6.07) is -1.79. The van der Waals surface area contributed by atoms with Crippen molar-refractivity contribution in [2.75, 3.05) is 27.4 Å². The van der Waals surface area contributed by atoms with Crippen LogP contribution in [0.15, 0.2) is 0 Å². The highest BCUT2D eigenvalue weighted by Gasteiger charge is 2.55. The SMILES string of the molecule is COC1(C(=O)O)CC(O)C(NC(C)=O)C(C(O)C(O)CO)O1.COC1(C(=O)O)CC(O)C(NC(C)=O)CO1. The van der Waals surface area contributed by atoms with E-state index in [0.717, 1.165) is 14.0 Å². The predicted molar refractivity (Wildman–Crippen MR) is 121 cm³/mol. The van der Waals surface area contributed by atoms with Crippen LogP contribution in [0.2, 0.25) is 0 Å². The van der Waals surface area contributed by atoms with E-state index in [9.17, 15) is 44.7 Å². The lowest BCUT2D eigenvalue weighted by Crippen LogP contribution is -2.67. The van der Waals surface area contributed by atoms with Crippen LogP contribution in [-0.2, 0) is 38.1 Å². The molecule has 0 spiro atoms. The smallest absolute Gasteiger partial charge is 0.364 e. The fraction of sp³-hybridized carbons (Fsp3) is 0.810. The molecule has 220 valence electrons. The van der Waals surface area contributed by atoms with Gasteiger partial charge < -0.3 is 65.3 Å². The molecule has 0 saturated carbocycles. The molecule has 0 aromatic carbocycles. The van der Waals surface area contributed by atoms with E-state index in [2.05, 4.69) is 10.6 Å². The minimum atomic E-state index is -2.24. The lowest BCUT2D eigenvalue weighted by atomic mass is 9.88. The van der Waals surface area contributed by atoms with Gasteiger partial charge in [-0.05, 0) is 0 Å². The van der Waals surface area contributed by atoms with Gasteiger partial charge in [0.2, 0.25) is 11.8 Å². The second-order valence-corrected chi connectivity index (χ2v) is 8.73. The molecule has 2 aliphatic rings. The number of carbonyl (C=O) groups excluding carboxylic acids is 2. The summed E-state index contributed by atoms with van der Waals surface area (Å²) in [4.78, 5) is 44.3. The molecule has 0 aromatic rings. The maximum Gasteiger partial charge on any atom is 0.364 e. The van der Waals surface area contributed by atoms with E-state index in [0.29, 0.717) is 0 Å². The van der Waals surface area contributed by atoms with Crippen LogP contribution < -0.4 is 10.6 Å². The standard InChI is InChI=1S/C12H21NO9.C9H15NO6/c1-5(15)13-8-6(16)3-12(21-2,11(19)20)22-10(8)9(18)7(17)4-14;1-5(11)10-6-4-16-9(15-2,8(13)14)3-7(6)12/h6-10,14,16-18H,3-4H2,1-2H3,(H,13,15)(H,19,20);6-7,12H,3-4H2,1-2H3,(H,10,11)(H,13,14). The molecule has 0 bridgehead atoms. The summed E-state index contributed by atoms with van der Waals surface area (Å²) < 4.78 is 19.9. The number of hydrogen-bond donors (Lipinski definition) is 9. The molecule has 17 heteroatoms. The maximum atomic E-state index is 11.3. The monoisotopic (exact) mass is 556 g/mol. The molecule has 2 aliphatic heterocycles. The van der Waals surface area contributed by atoms with Crippen molar-refractivity contribution in [3.63, 3.8) is 0 Å². The van der Waals surface area contributed by atoms with Gasteiger partial charge in [0, 0.05) is 40.9 Å². The number of ether oxygens (including phenoxy) is 4. The van der Waals surface area contributed by atoms with E-state index in [4.69, 9.17) is 29.2 Å². The minimum absolute atomic E-state index is 0.110. The fourth-order valence-corrected chi connectivity index (χ4v) is 3.93. The first-order chi connectivity index (χ1) is 17.6. The molecule has 0 radical (unpaired) electrons. The van der Waals surface area contributed by atoms with Gasteiger partial charge in [-0.3, -0.25) is 9.59 Å². The zero-order valence-electron chi connectivity index (χ0n) is 21.3. The Morgan fingerprint density at radius 1 is 0.921 bits per heavy atom. The summed E-state index contributed by atoms with van der Waals surface area (Å²) in [5.41, 5.74) is 0. The van der Waals surface area contributed by atoms with E-state index in [1.165, 1.54) is 14.0 Å². The van der Waals surface area contributed by atoms with E-state index in [1.54, 1.807) is 0 Å². The highest BCUT2D eigenvalue weighted by molar-refractivity contribution is 5.77. The number of amides is 2. The second kappa shape index (κ2) is 14.1. The predicted octanol–water partition coefficient (Wildman–Crippen LogP) is -4.52. The minimum Gasteiger partial charge on any atom is -0.477 e. The molecule has 2 fully saturated rings. The molecule has 38 heavy (non-hydrogen) atoms. The molecule has 9 atom stereocenters. The van der Waals surface area contributed by atoms with Gasteiger partial charge in [0.15, 0.2) is 0 Å². The number of aliphatic hydroxyl groups excluding tert-OH is 5. The molecule has 17 nitrogen and oxygen atoms in total. The highest BCUT2D eigenvalue weighted by atomic mass is 16.7. The van der Waals surface area contributed by atoms with Crippen molar-refractivity contribution in [3.8, 4) is 0 Å². The van der Waals surface area contributed by atoms with Gasteiger partial charge in [0.05, 0.1) is 37.5 Å². The Bertz CT molecular complexity index is 843. The third-order valence-electron chi connectivity index (χ3n) is 6.00. The van der Waals surface area contributed by atoms with Crippen LogP contribution in [0.1, 0.15) is 26.7 Å². The lowest BCUT2D eigenvalue weighted by Gasteiger charge is -2.46. The van der Waals surface area contributed by atoms with Crippen molar-refractivity contribution in [1.29, 1.82) is 0 Å². The first-order valence-electron chi connectivity index (χ1n) is 11.4. The van der Waals surface area contributed by atoms with Gasteiger partial charge in [0.25, 0.3) is 11.6 Å². The number of aliphatic hydroxyl groups is 5. The Morgan fingerprint density at radius 2 is 1.42 bits per heavy atom. The van der Waals surface area contributed by atoms with Gasteiger partial charge in [-0.2, -0.15) is 0 Å². The molecule has 2 heterocycles. The average Bonchev–Trinajstić information content (AvgIpc) is 2.85. The molecular weight excluding hydrogens is 520 g/mol. The number of nitrogens with one attached hydrogen (secondary N) is 2. The third kappa shape index (κ3) is 8.01. The molecular formula is C21H36N2O15. The van der Waals surface area contributed by atoms with Crippen LogP contribution in [0, 0.1) is 0 Å². The van der Waals surface area contributed by atoms with Crippen molar-refractivity contribution >= 4 is 23.8 Å². The summed E-state index contributed by atoms with van der Waals surface area (Å²) in [5, 5.41) is 71.2. The molecule has 0 aromatic heterocycles. The first kappa shape index (κ1) is 33.5. The molecule has 9 N–H and O–H groups in total. The number of hydrogen-bond acceptors (Lipinski definition) is 13. The summed E-state index contributed by atoms with van der Waals surface area (Å²) in [7, 11) is 2.24. The number of rotatable bonds is 9. The second-order valence-electron chi connectivity index (χ2n) is 8.73. The Hall–Kier alpha value is -2.48. The molecule has 2 amide bonds. The fourth-order valence-electron chi connectivity index (χ4n) is 3.93. The number of aliphatic carboxylic acids is 2. The van der Waals surface area contributed by atoms with Crippen molar-refractivity contribution in [2.24, 2.45) is 0 Å². The Balaban J connectivity index is 0.000000399. The lowest BCUT2D eigenvalue weighted by molar-refractivity contribution is -0.303. The van der Waals surface area contributed by atoms with Crippen molar-refractivity contribution in [1.82, 2.24) is 10.6 Å². The Labute approximate surface area is 217 Å². The summed E-state index contributed by atoms with van der Waals surface area (Å²) in [6.45, 7) is 1.54. The topological polar surface area (TPSA) is 271 Å². The average molecular weight is 557 g/mol. The first-order valence-corrected chi connectivity index (χ1v) is 11.4. The van der Waals surface area contributed by atoms with Crippen LogP contribution in [0.3, 0.4) is 0 Å². The van der Waals surface area contributed by atoms with Gasteiger partial charge in [0.1, 0.15) is 18.3 Å².